The van der Waals surface area contributed by atoms with Crippen LogP contribution in [0.2, 0.25) is 0 Å². The van der Waals surface area contributed by atoms with E-state index < -0.39 is 0 Å². The summed E-state index contributed by atoms with van der Waals surface area (Å²) in [4.78, 5) is 14.5. The van der Waals surface area contributed by atoms with Crippen molar-refractivity contribution in [1.29, 1.82) is 0 Å². The van der Waals surface area contributed by atoms with Gasteiger partial charge in [0.15, 0.2) is 0 Å². The van der Waals surface area contributed by atoms with Gasteiger partial charge in [0.05, 0.1) is 17.5 Å². The van der Waals surface area contributed by atoms with E-state index in [0.717, 1.165) is 12.1 Å². The van der Waals surface area contributed by atoms with Gasteiger partial charge in [-0.2, -0.15) is 5.10 Å². The monoisotopic (exact) mass is 324 g/mol. The van der Waals surface area contributed by atoms with Crippen molar-refractivity contribution in [1.82, 2.24) is 20.4 Å². The Morgan fingerprint density at radius 2 is 2.09 bits per heavy atom. The summed E-state index contributed by atoms with van der Waals surface area (Å²) in [7, 11) is 0. The van der Waals surface area contributed by atoms with Crippen LogP contribution in [-0.4, -0.2) is 46.7 Å². The second-order valence-corrected chi connectivity index (χ2v) is 5.27. The average Bonchev–Trinajstić information content (AvgIpc) is 2.96. The summed E-state index contributed by atoms with van der Waals surface area (Å²) in [6.45, 7) is 4.19. The highest BCUT2D eigenvalue weighted by Gasteiger charge is 2.24. The first-order valence-corrected chi connectivity index (χ1v) is 6.97. The third-order valence-electron chi connectivity index (χ3n) is 3.66. The van der Waals surface area contributed by atoms with Crippen molar-refractivity contribution in [3.63, 3.8) is 0 Å². The van der Waals surface area contributed by atoms with E-state index in [0.29, 0.717) is 24.3 Å². The van der Waals surface area contributed by atoms with Gasteiger partial charge in [-0.15, -0.1) is 12.4 Å². The second-order valence-electron chi connectivity index (χ2n) is 5.27. The van der Waals surface area contributed by atoms with Gasteiger partial charge in [-0.1, -0.05) is 0 Å². The quantitative estimate of drug-likeness (QED) is 0.889. The number of aromatic amines is 1. The molecule has 0 radical (unpaired) electrons. The number of hydrogen-bond acceptors (Lipinski definition) is 3. The molecule has 7 heteroatoms. The lowest BCUT2D eigenvalue weighted by Crippen LogP contribution is -2.51. The van der Waals surface area contributed by atoms with Gasteiger partial charge in [-0.05, 0) is 31.2 Å². The van der Waals surface area contributed by atoms with Crippen molar-refractivity contribution >= 4 is 18.3 Å². The van der Waals surface area contributed by atoms with E-state index in [2.05, 4.69) is 22.4 Å². The van der Waals surface area contributed by atoms with Gasteiger partial charge in [0.25, 0.3) is 5.91 Å². The summed E-state index contributed by atoms with van der Waals surface area (Å²) in [6, 6.07) is 6.30. The van der Waals surface area contributed by atoms with E-state index in [1.165, 1.54) is 18.3 Å². The molecule has 1 fully saturated rings. The SMILES string of the molecule is CC1CN(C(=O)c2cn[nH]c2-c2ccc(F)cc2)CCN1.Cl. The fourth-order valence-electron chi connectivity index (χ4n) is 2.57. The molecule has 1 unspecified atom stereocenters. The van der Waals surface area contributed by atoms with Crippen LogP contribution in [0.3, 0.4) is 0 Å². The predicted octanol–water partition coefficient (Wildman–Crippen LogP) is 2.07. The Hall–Kier alpha value is -1.92. The average molecular weight is 325 g/mol. The van der Waals surface area contributed by atoms with E-state index in [1.807, 2.05) is 4.90 Å². The van der Waals surface area contributed by atoms with Crippen LogP contribution in [0, 0.1) is 5.82 Å². The summed E-state index contributed by atoms with van der Waals surface area (Å²) in [5, 5.41) is 10.1. The van der Waals surface area contributed by atoms with E-state index in [9.17, 15) is 9.18 Å². The number of rotatable bonds is 2. The van der Waals surface area contributed by atoms with Crippen molar-refractivity contribution in [2.45, 2.75) is 13.0 Å². The van der Waals surface area contributed by atoms with Crippen LogP contribution in [0.15, 0.2) is 30.5 Å². The molecule has 0 aliphatic carbocycles. The number of aromatic nitrogens is 2. The molecule has 1 saturated heterocycles. The lowest BCUT2D eigenvalue weighted by atomic mass is 10.1. The van der Waals surface area contributed by atoms with Crippen molar-refractivity contribution in [2.75, 3.05) is 19.6 Å². The molecule has 2 heterocycles. The Balaban J connectivity index is 0.00000176. The molecule has 0 bridgehead atoms. The van der Waals surface area contributed by atoms with Gasteiger partial charge >= 0.3 is 0 Å². The molecule has 22 heavy (non-hydrogen) atoms. The molecular formula is C15H18ClFN4O. The van der Waals surface area contributed by atoms with Gasteiger partial charge in [0.2, 0.25) is 0 Å². The maximum absolute atomic E-state index is 13.0. The highest BCUT2D eigenvalue weighted by atomic mass is 35.5. The molecule has 118 valence electrons. The molecule has 1 atom stereocenters. The van der Waals surface area contributed by atoms with Crippen molar-refractivity contribution in [2.24, 2.45) is 0 Å². The smallest absolute Gasteiger partial charge is 0.257 e. The van der Waals surface area contributed by atoms with E-state index >= 15 is 0 Å². The van der Waals surface area contributed by atoms with Crippen LogP contribution < -0.4 is 5.32 Å². The largest absolute Gasteiger partial charge is 0.336 e. The number of amides is 1. The summed E-state index contributed by atoms with van der Waals surface area (Å²) in [5.41, 5.74) is 1.90. The van der Waals surface area contributed by atoms with Gasteiger partial charge in [0.1, 0.15) is 5.82 Å². The number of halogens is 2. The zero-order valence-electron chi connectivity index (χ0n) is 12.2. The first-order chi connectivity index (χ1) is 10.1. The van der Waals surface area contributed by atoms with Gasteiger partial charge in [-0.25, -0.2) is 4.39 Å². The topological polar surface area (TPSA) is 61.0 Å². The molecule has 0 saturated carbocycles. The van der Waals surface area contributed by atoms with E-state index in [4.69, 9.17) is 0 Å². The Morgan fingerprint density at radius 3 is 2.77 bits per heavy atom. The third kappa shape index (κ3) is 3.28. The van der Waals surface area contributed by atoms with Crippen LogP contribution in [0.5, 0.6) is 0 Å². The van der Waals surface area contributed by atoms with Crippen LogP contribution >= 0.6 is 12.4 Å². The number of carbonyl (C=O) groups excluding carboxylic acids is 1. The number of nitrogens with zero attached hydrogens (tertiary/aromatic N) is 2. The number of nitrogens with one attached hydrogen (secondary N) is 2. The molecule has 0 spiro atoms. The molecular weight excluding hydrogens is 307 g/mol. The number of benzene rings is 1. The molecule has 2 N–H and O–H groups in total. The molecule has 3 rings (SSSR count). The zero-order valence-corrected chi connectivity index (χ0v) is 13.0. The Morgan fingerprint density at radius 1 is 1.36 bits per heavy atom. The summed E-state index contributed by atoms with van der Waals surface area (Å²) in [5.74, 6) is -0.349. The highest BCUT2D eigenvalue weighted by molar-refractivity contribution is 5.99. The lowest BCUT2D eigenvalue weighted by molar-refractivity contribution is 0.0710. The first-order valence-electron chi connectivity index (χ1n) is 6.97. The van der Waals surface area contributed by atoms with Gasteiger partial charge in [0, 0.05) is 31.2 Å². The summed E-state index contributed by atoms with van der Waals surface area (Å²) < 4.78 is 13.0. The molecule has 1 aromatic heterocycles. The van der Waals surface area contributed by atoms with E-state index in [-0.39, 0.29) is 30.2 Å². The third-order valence-corrected chi connectivity index (χ3v) is 3.66. The van der Waals surface area contributed by atoms with Gasteiger partial charge in [-0.3, -0.25) is 9.89 Å². The molecule has 1 aliphatic heterocycles. The fraction of sp³-hybridized carbons (Fsp3) is 0.333. The zero-order chi connectivity index (χ0) is 14.8. The Kier molecular flexibility index (Phi) is 5.15. The minimum Gasteiger partial charge on any atom is -0.336 e. The summed E-state index contributed by atoms with van der Waals surface area (Å²) >= 11 is 0. The maximum Gasteiger partial charge on any atom is 0.257 e. The Bertz CT molecular complexity index is 643. The second kappa shape index (κ2) is 6.89. The van der Waals surface area contributed by atoms with Gasteiger partial charge < -0.3 is 10.2 Å². The van der Waals surface area contributed by atoms with Crippen LogP contribution in [0.4, 0.5) is 4.39 Å². The number of piperazine rings is 1. The molecule has 1 amide bonds. The van der Waals surface area contributed by atoms with E-state index in [1.54, 1.807) is 12.1 Å². The van der Waals surface area contributed by atoms with Crippen LogP contribution in [0.1, 0.15) is 17.3 Å². The first kappa shape index (κ1) is 16.5. The molecule has 1 aromatic carbocycles. The predicted molar refractivity (Wildman–Crippen MR) is 84.6 cm³/mol. The normalized spacial score (nSPS) is 17.9. The van der Waals surface area contributed by atoms with Crippen LogP contribution in [-0.2, 0) is 0 Å². The van der Waals surface area contributed by atoms with Crippen molar-refractivity contribution in [3.8, 4) is 11.3 Å². The fourth-order valence-corrected chi connectivity index (χ4v) is 2.57. The minimum atomic E-state index is -0.304. The summed E-state index contributed by atoms with van der Waals surface area (Å²) in [6.07, 6.45) is 1.54. The maximum atomic E-state index is 13.0. The Labute approximate surface area is 134 Å². The number of H-pyrrole nitrogens is 1. The highest BCUT2D eigenvalue weighted by Crippen LogP contribution is 2.23. The number of hydrogen-bond donors (Lipinski definition) is 2. The molecule has 1 aliphatic rings. The van der Waals surface area contributed by atoms with Crippen molar-refractivity contribution < 1.29 is 9.18 Å². The molecule has 5 nitrogen and oxygen atoms in total. The standard InChI is InChI=1S/C15H17FN4O.ClH/c1-10-9-20(7-6-17-10)15(21)13-8-18-19-14(13)11-2-4-12(16)5-3-11;/h2-5,8,10,17H,6-7,9H2,1H3,(H,18,19);1H. The van der Waals surface area contributed by atoms with Crippen molar-refractivity contribution in [3.05, 3.63) is 41.8 Å². The lowest BCUT2D eigenvalue weighted by Gasteiger charge is -2.31. The molecule has 2 aromatic rings. The minimum absolute atomic E-state index is 0. The van der Waals surface area contributed by atoms with Crippen LogP contribution in [0.25, 0.3) is 11.3 Å². The number of carbonyl (C=O) groups is 1.